The lowest BCUT2D eigenvalue weighted by atomic mass is 10.0. The molecule has 1 amide bonds. The first kappa shape index (κ1) is 22.9. The number of methoxy groups -OCH3 is 1. The number of carbonyl (C=O) groups is 1. The molecule has 0 aliphatic rings. The van der Waals surface area contributed by atoms with Gasteiger partial charge in [0.2, 0.25) is 5.91 Å². The second-order valence-corrected chi connectivity index (χ2v) is 9.43. The molecule has 5 aromatic rings. The fraction of sp³-hybridized carbons (Fsp3) is 0.0741. The summed E-state index contributed by atoms with van der Waals surface area (Å²) in [7, 11) is 1.64. The average molecular weight is 499 g/mol. The summed E-state index contributed by atoms with van der Waals surface area (Å²) in [4.78, 5) is 13.9. The first-order valence-electron chi connectivity index (χ1n) is 10.9. The third-order valence-electron chi connectivity index (χ3n) is 5.32. The molecule has 0 fully saturated rings. The van der Waals surface area contributed by atoms with Crippen LogP contribution in [-0.2, 0) is 4.79 Å². The molecule has 174 valence electrons. The van der Waals surface area contributed by atoms with Gasteiger partial charge in [-0.2, -0.15) is 0 Å². The zero-order valence-corrected chi connectivity index (χ0v) is 20.6. The van der Waals surface area contributed by atoms with Crippen LogP contribution in [0.25, 0.3) is 27.5 Å². The monoisotopic (exact) mass is 498 g/mol. The minimum atomic E-state index is -0.120. The highest BCUT2D eigenvalue weighted by molar-refractivity contribution is 7.99. The van der Waals surface area contributed by atoms with Gasteiger partial charge in [0.15, 0.2) is 11.0 Å². The van der Waals surface area contributed by atoms with E-state index in [-0.39, 0.29) is 11.7 Å². The molecule has 8 heteroatoms. The molecule has 2 aromatic heterocycles. The van der Waals surface area contributed by atoms with Gasteiger partial charge in [-0.25, -0.2) is 0 Å². The van der Waals surface area contributed by atoms with Crippen LogP contribution in [0.15, 0.2) is 102 Å². The Morgan fingerprint density at radius 2 is 1.71 bits per heavy atom. The number of nitrogens with zero attached hydrogens (tertiary/aromatic N) is 3. The third kappa shape index (κ3) is 4.99. The third-order valence-corrected chi connectivity index (χ3v) is 7.11. The van der Waals surface area contributed by atoms with E-state index in [0.29, 0.717) is 16.7 Å². The van der Waals surface area contributed by atoms with Crippen molar-refractivity contribution < 1.29 is 9.53 Å². The van der Waals surface area contributed by atoms with Crippen LogP contribution in [0.1, 0.15) is 0 Å². The summed E-state index contributed by atoms with van der Waals surface area (Å²) < 4.78 is 7.54. The van der Waals surface area contributed by atoms with Gasteiger partial charge in [0, 0.05) is 11.3 Å². The Hall–Kier alpha value is -3.88. The van der Waals surface area contributed by atoms with E-state index in [0.717, 1.165) is 27.4 Å². The molecular weight excluding hydrogens is 476 g/mol. The highest BCUT2D eigenvalue weighted by Gasteiger charge is 2.20. The van der Waals surface area contributed by atoms with Crippen LogP contribution in [0.5, 0.6) is 5.75 Å². The fourth-order valence-corrected chi connectivity index (χ4v) is 5.18. The molecule has 0 aliphatic carbocycles. The molecule has 3 aromatic carbocycles. The maximum absolute atomic E-state index is 13.0. The van der Waals surface area contributed by atoms with Gasteiger partial charge in [0.25, 0.3) is 0 Å². The highest BCUT2D eigenvalue weighted by Crippen LogP contribution is 2.34. The van der Waals surface area contributed by atoms with E-state index in [1.165, 1.54) is 11.8 Å². The van der Waals surface area contributed by atoms with E-state index in [1.807, 2.05) is 101 Å². The van der Waals surface area contributed by atoms with Gasteiger partial charge in [-0.3, -0.25) is 9.36 Å². The predicted octanol–water partition coefficient (Wildman–Crippen LogP) is 6.40. The standard InChI is InChI=1S/C27H22N4O2S2/c1-33-23-15-8-7-14-22(23)31-26(24-16-9-17-34-24)29-30-27(31)35-18-25(32)28-21-13-6-5-12-20(21)19-10-3-2-4-11-19/h2-17H,18H2,1H3,(H,28,32). The number of anilines is 1. The number of ether oxygens (including phenoxy) is 1. The van der Waals surface area contributed by atoms with E-state index in [4.69, 9.17) is 4.74 Å². The fourth-order valence-electron chi connectivity index (χ4n) is 3.74. The number of nitrogens with one attached hydrogen (secondary N) is 1. The first-order chi connectivity index (χ1) is 17.2. The molecule has 35 heavy (non-hydrogen) atoms. The molecule has 0 unspecified atom stereocenters. The molecule has 0 aliphatic heterocycles. The molecule has 0 atom stereocenters. The lowest BCUT2D eigenvalue weighted by molar-refractivity contribution is -0.113. The van der Waals surface area contributed by atoms with Crippen LogP contribution in [0.4, 0.5) is 5.69 Å². The molecule has 0 bridgehead atoms. The topological polar surface area (TPSA) is 69.0 Å². The summed E-state index contributed by atoms with van der Waals surface area (Å²) in [5, 5.41) is 14.5. The highest BCUT2D eigenvalue weighted by atomic mass is 32.2. The van der Waals surface area contributed by atoms with Crippen LogP contribution in [0, 0.1) is 0 Å². The van der Waals surface area contributed by atoms with Crippen molar-refractivity contribution in [1.29, 1.82) is 0 Å². The predicted molar refractivity (Wildman–Crippen MR) is 142 cm³/mol. The average Bonchev–Trinajstić information content (AvgIpc) is 3.58. The number of thioether (sulfide) groups is 1. The van der Waals surface area contributed by atoms with Gasteiger partial charge < -0.3 is 10.1 Å². The van der Waals surface area contributed by atoms with Gasteiger partial charge in [0.05, 0.1) is 23.4 Å². The summed E-state index contributed by atoms with van der Waals surface area (Å²) in [5.41, 5.74) is 3.62. The number of rotatable bonds is 8. The molecule has 1 N–H and O–H groups in total. The smallest absolute Gasteiger partial charge is 0.234 e. The van der Waals surface area contributed by atoms with Crippen molar-refractivity contribution >= 4 is 34.7 Å². The summed E-state index contributed by atoms with van der Waals surface area (Å²) >= 11 is 2.92. The molecule has 0 spiro atoms. The Balaban J connectivity index is 1.40. The van der Waals surface area contributed by atoms with Crippen LogP contribution >= 0.6 is 23.1 Å². The Morgan fingerprint density at radius 3 is 2.51 bits per heavy atom. The first-order valence-corrected chi connectivity index (χ1v) is 12.8. The number of para-hydroxylation sites is 3. The number of hydrogen-bond acceptors (Lipinski definition) is 6. The van der Waals surface area contributed by atoms with Gasteiger partial charge in [0.1, 0.15) is 5.75 Å². The number of hydrogen-bond donors (Lipinski definition) is 1. The van der Waals surface area contributed by atoms with Crippen LogP contribution < -0.4 is 10.1 Å². The Labute approximate surface area is 211 Å². The van der Waals surface area contributed by atoms with E-state index < -0.39 is 0 Å². The zero-order chi connectivity index (χ0) is 24.0. The second-order valence-electron chi connectivity index (χ2n) is 7.54. The maximum Gasteiger partial charge on any atom is 0.234 e. The quantitative estimate of drug-likeness (QED) is 0.251. The van der Waals surface area contributed by atoms with Crippen molar-refractivity contribution in [2.24, 2.45) is 0 Å². The molecule has 6 nitrogen and oxygen atoms in total. The van der Waals surface area contributed by atoms with Crippen LogP contribution in [0.3, 0.4) is 0 Å². The number of thiophene rings is 1. The van der Waals surface area contributed by atoms with E-state index >= 15 is 0 Å². The van der Waals surface area contributed by atoms with Gasteiger partial charge in [-0.1, -0.05) is 78.5 Å². The molecule has 5 rings (SSSR count). The largest absolute Gasteiger partial charge is 0.495 e. The summed E-state index contributed by atoms with van der Waals surface area (Å²) in [6.45, 7) is 0. The minimum absolute atomic E-state index is 0.120. The van der Waals surface area contributed by atoms with Gasteiger partial charge in [-0.05, 0) is 35.2 Å². The lowest BCUT2D eigenvalue weighted by Gasteiger charge is -2.14. The van der Waals surface area contributed by atoms with Gasteiger partial charge >= 0.3 is 0 Å². The van der Waals surface area contributed by atoms with Crippen LogP contribution in [0.2, 0.25) is 0 Å². The Morgan fingerprint density at radius 1 is 0.943 bits per heavy atom. The molecule has 0 saturated heterocycles. The summed E-state index contributed by atoms with van der Waals surface area (Å²) in [6.07, 6.45) is 0. The summed E-state index contributed by atoms with van der Waals surface area (Å²) in [5.74, 6) is 1.47. The molecular formula is C27H22N4O2S2. The van der Waals surface area contributed by atoms with E-state index in [9.17, 15) is 4.79 Å². The Kier molecular flexibility index (Phi) is 6.92. The van der Waals surface area contributed by atoms with Crippen LogP contribution in [-0.4, -0.2) is 33.5 Å². The number of carbonyl (C=O) groups excluding carboxylic acids is 1. The maximum atomic E-state index is 13.0. The second kappa shape index (κ2) is 10.6. The van der Waals surface area contributed by atoms with Crippen molar-refractivity contribution in [2.45, 2.75) is 5.16 Å². The van der Waals surface area contributed by atoms with Crippen molar-refractivity contribution in [3.8, 4) is 33.3 Å². The number of amides is 1. The zero-order valence-electron chi connectivity index (χ0n) is 18.9. The van der Waals surface area contributed by atoms with Crippen molar-refractivity contribution in [3.05, 3.63) is 96.4 Å². The van der Waals surface area contributed by atoms with Gasteiger partial charge in [-0.15, -0.1) is 21.5 Å². The summed E-state index contributed by atoms with van der Waals surface area (Å²) in [6, 6.07) is 29.5. The number of benzene rings is 3. The number of aromatic nitrogens is 3. The van der Waals surface area contributed by atoms with Crippen molar-refractivity contribution in [1.82, 2.24) is 14.8 Å². The minimum Gasteiger partial charge on any atom is -0.495 e. The molecule has 0 radical (unpaired) electrons. The normalized spacial score (nSPS) is 10.8. The SMILES string of the molecule is COc1ccccc1-n1c(SCC(=O)Nc2ccccc2-c2ccccc2)nnc1-c1cccs1. The lowest BCUT2D eigenvalue weighted by Crippen LogP contribution is -2.15. The van der Waals surface area contributed by atoms with Crippen molar-refractivity contribution in [3.63, 3.8) is 0 Å². The molecule has 2 heterocycles. The van der Waals surface area contributed by atoms with E-state index in [2.05, 4.69) is 15.5 Å². The van der Waals surface area contributed by atoms with E-state index in [1.54, 1.807) is 18.4 Å². The van der Waals surface area contributed by atoms with Crippen molar-refractivity contribution in [2.75, 3.05) is 18.2 Å². The molecule has 0 saturated carbocycles. The Bertz CT molecular complexity index is 1430.